The van der Waals surface area contributed by atoms with E-state index in [9.17, 15) is 13.2 Å². The number of fused-ring (bicyclic) bond motifs is 1. The van der Waals surface area contributed by atoms with Crippen molar-refractivity contribution < 1.29 is 17.9 Å². The van der Waals surface area contributed by atoms with Crippen molar-refractivity contribution in [1.82, 2.24) is 19.8 Å². The third-order valence-corrected chi connectivity index (χ3v) is 7.54. The summed E-state index contributed by atoms with van der Waals surface area (Å²) >= 11 is 0. The average Bonchev–Trinajstić information content (AvgIpc) is 3.31. The standard InChI is InChI=1S/C21H29N5O4S/c1-13(2)22-21(27)30-18-7-5-14(9-18)19-10-20(25-24-19)23-17-6-4-15-12-31(28,29)26(3)11-16(15)8-17/h4,6,8,10,13-14,18H,5,7,9,11-12H2,1-3H3,(H,22,27)(H2,23,24,25)/t14-,18+/m0/s1. The molecule has 2 heterocycles. The van der Waals surface area contributed by atoms with E-state index < -0.39 is 10.0 Å². The van der Waals surface area contributed by atoms with Crippen LogP contribution in [0.3, 0.4) is 0 Å². The van der Waals surface area contributed by atoms with E-state index in [4.69, 9.17) is 4.74 Å². The maximum absolute atomic E-state index is 12.0. The number of aromatic nitrogens is 2. The highest BCUT2D eigenvalue weighted by Crippen LogP contribution is 2.36. The van der Waals surface area contributed by atoms with Crippen LogP contribution in [-0.4, -0.2) is 48.2 Å². The first kappa shape index (κ1) is 21.6. The molecule has 2 atom stereocenters. The van der Waals surface area contributed by atoms with Crippen LogP contribution in [0.5, 0.6) is 0 Å². The van der Waals surface area contributed by atoms with Gasteiger partial charge in [0, 0.05) is 43.0 Å². The molecular weight excluding hydrogens is 418 g/mol. The Kier molecular flexibility index (Phi) is 5.94. The van der Waals surface area contributed by atoms with Crippen LogP contribution in [0.1, 0.15) is 55.8 Å². The van der Waals surface area contributed by atoms with Crippen LogP contribution in [0, 0.1) is 0 Å². The molecule has 0 radical (unpaired) electrons. The summed E-state index contributed by atoms with van der Waals surface area (Å²) in [7, 11) is -1.61. The van der Waals surface area contributed by atoms with Gasteiger partial charge in [0.25, 0.3) is 0 Å². The van der Waals surface area contributed by atoms with E-state index in [0.717, 1.165) is 41.8 Å². The minimum atomic E-state index is -3.21. The molecule has 168 valence electrons. The molecule has 3 N–H and O–H groups in total. The number of ether oxygens (including phenoxy) is 1. The third kappa shape index (κ3) is 5.01. The van der Waals surface area contributed by atoms with Crippen molar-refractivity contribution in [3.63, 3.8) is 0 Å². The van der Waals surface area contributed by atoms with E-state index in [1.807, 2.05) is 38.1 Å². The van der Waals surface area contributed by atoms with Crippen LogP contribution in [0.25, 0.3) is 0 Å². The van der Waals surface area contributed by atoms with Crippen molar-refractivity contribution in [3.05, 3.63) is 41.1 Å². The van der Waals surface area contributed by atoms with Gasteiger partial charge >= 0.3 is 6.09 Å². The number of benzene rings is 1. The van der Waals surface area contributed by atoms with Gasteiger partial charge in [-0.25, -0.2) is 17.5 Å². The second-order valence-corrected chi connectivity index (χ2v) is 10.7. The lowest BCUT2D eigenvalue weighted by Crippen LogP contribution is -2.33. The summed E-state index contributed by atoms with van der Waals surface area (Å²) in [6.45, 7) is 4.17. The molecule has 1 aromatic heterocycles. The van der Waals surface area contributed by atoms with Crippen LogP contribution in [0.2, 0.25) is 0 Å². The van der Waals surface area contributed by atoms with Crippen LogP contribution < -0.4 is 10.6 Å². The molecular formula is C21H29N5O4S. The van der Waals surface area contributed by atoms with Gasteiger partial charge in [-0.1, -0.05) is 6.07 Å². The second kappa shape index (κ2) is 8.51. The molecule has 31 heavy (non-hydrogen) atoms. The molecule has 1 aromatic carbocycles. The van der Waals surface area contributed by atoms with E-state index in [0.29, 0.717) is 12.4 Å². The lowest BCUT2D eigenvalue weighted by atomic mass is 10.0. The number of anilines is 2. The van der Waals surface area contributed by atoms with Crippen molar-refractivity contribution in [1.29, 1.82) is 0 Å². The number of carbonyl (C=O) groups is 1. The Morgan fingerprint density at radius 1 is 1.26 bits per heavy atom. The quantitative estimate of drug-likeness (QED) is 0.648. The Hall–Kier alpha value is -2.59. The maximum atomic E-state index is 12.0. The number of hydrogen-bond acceptors (Lipinski definition) is 6. The van der Waals surface area contributed by atoms with E-state index in [-0.39, 0.29) is 29.9 Å². The highest BCUT2D eigenvalue weighted by molar-refractivity contribution is 7.88. The summed E-state index contributed by atoms with van der Waals surface area (Å²) in [6, 6.07) is 7.75. The Morgan fingerprint density at radius 2 is 2.06 bits per heavy atom. The van der Waals surface area contributed by atoms with Gasteiger partial charge in [0.1, 0.15) is 6.10 Å². The highest BCUT2D eigenvalue weighted by Gasteiger charge is 2.30. The molecule has 0 bridgehead atoms. The van der Waals surface area contributed by atoms with Gasteiger partial charge in [0.2, 0.25) is 10.0 Å². The first-order chi connectivity index (χ1) is 14.7. The molecule has 0 saturated heterocycles. The largest absolute Gasteiger partial charge is 0.446 e. The number of carbonyl (C=O) groups excluding carboxylic acids is 1. The van der Waals surface area contributed by atoms with Crippen molar-refractivity contribution in [2.45, 2.75) is 63.5 Å². The number of hydrogen-bond donors (Lipinski definition) is 3. The number of sulfonamides is 1. The van der Waals surface area contributed by atoms with E-state index >= 15 is 0 Å². The number of aromatic amines is 1. The Labute approximate surface area is 182 Å². The van der Waals surface area contributed by atoms with Gasteiger partial charge in [-0.05, 0) is 56.4 Å². The zero-order chi connectivity index (χ0) is 22.2. The molecule has 1 amide bonds. The van der Waals surface area contributed by atoms with E-state index in [2.05, 4.69) is 20.8 Å². The second-order valence-electron chi connectivity index (χ2n) is 8.67. The Balaban J connectivity index is 1.37. The summed E-state index contributed by atoms with van der Waals surface area (Å²) in [5.74, 6) is 1.00. The van der Waals surface area contributed by atoms with Crippen LogP contribution >= 0.6 is 0 Å². The maximum Gasteiger partial charge on any atom is 0.407 e. The minimum absolute atomic E-state index is 0.0335. The van der Waals surface area contributed by atoms with Crippen molar-refractivity contribution in [2.75, 3.05) is 12.4 Å². The Bertz CT molecular complexity index is 1070. The number of nitrogens with one attached hydrogen (secondary N) is 3. The molecule has 4 rings (SSSR count). The summed E-state index contributed by atoms with van der Waals surface area (Å²) in [5.41, 5.74) is 3.71. The van der Waals surface area contributed by atoms with Gasteiger partial charge in [-0.3, -0.25) is 5.10 Å². The first-order valence-electron chi connectivity index (χ1n) is 10.5. The Morgan fingerprint density at radius 3 is 2.84 bits per heavy atom. The normalized spacial score (nSPS) is 22.8. The smallest absolute Gasteiger partial charge is 0.407 e. The summed E-state index contributed by atoms with van der Waals surface area (Å²) in [4.78, 5) is 11.8. The molecule has 2 aliphatic rings. The van der Waals surface area contributed by atoms with Crippen LogP contribution in [0.4, 0.5) is 16.3 Å². The molecule has 1 fully saturated rings. The average molecular weight is 448 g/mol. The SMILES string of the molecule is CC(C)NC(=O)O[C@@H]1CC[C@H](c2cc(Nc3ccc4c(c3)CN(C)S(=O)(=O)C4)n[nH]2)C1. The summed E-state index contributed by atoms with van der Waals surface area (Å²) in [5, 5.41) is 13.5. The number of rotatable bonds is 5. The van der Waals surface area contributed by atoms with Crippen molar-refractivity contribution in [3.8, 4) is 0 Å². The topological polar surface area (TPSA) is 116 Å². The first-order valence-corrected chi connectivity index (χ1v) is 12.2. The zero-order valence-corrected chi connectivity index (χ0v) is 18.8. The molecule has 0 unspecified atom stereocenters. The van der Waals surface area contributed by atoms with Gasteiger partial charge in [0.05, 0.1) is 5.75 Å². The lowest BCUT2D eigenvalue weighted by molar-refractivity contribution is 0.0981. The van der Waals surface area contributed by atoms with Gasteiger partial charge < -0.3 is 15.4 Å². The molecule has 2 aromatic rings. The third-order valence-electron chi connectivity index (χ3n) is 5.79. The molecule has 0 spiro atoms. The van der Waals surface area contributed by atoms with Crippen molar-refractivity contribution in [2.24, 2.45) is 0 Å². The molecule has 9 nitrogen and oxygen atoms in total. The summed E-state index contributed by atoms with van der Waals surface area (Å²) in [6.07, 6.45) is 2.09. The number of alkyl carbamates (subject to hydrolysis) is 1. The fourth-order valence-electron chi connectivity index (χ4n) is 4.15. The predicted molar refractivity (Wildman–Crippen MR) is 118 cm³/mol. The highest BCUT2D eigenvalue weighted by atomic mass is 32.2. The predicted octanol–water partition coefficient (Wildman–Crippen LogP) is 3.20. The molecule has 1 aliphatic carbocycles. The molecule has 1 aliphatic heterocycles. The minimum Gasteiger partial charge on any atom is -0.446 e. The fraction of sp³-hybridized carbons (Fsp3) is 0.524. The lowest BCUT2D eigenvalue weighted by Gasteiger charge is -2.25. The molecule has 1 saturated carbocycles. The number of amides is 1. The van der Waals surface area contributed by atoms with E-state index in [1.165, 1.54) is 4.31 Å². The van der Waals surface area contributed by atoms with Gasteiger partial charge in [-0.15, -0.1) is 0 Å². The van der Waals surface area contributed by atoms with Crippen LogP contribution in [-0.2, 0) is 27.1 Å². The summed E-state index contributed by atoms with van der Waals surface area (Å²) < 4.78 is 31.0. The fourth-order valence-corrected chi connectivity index (χ4v) is 5.38. The van der Waals surface area contributed by atoms with Gasteiger partial charge in [0.15, 0.2) is 5.82 Å². The number of H-pyrrole nitrogens is 1. The van der Waals surface area contributed by atoms with Crippen LogP contribution in [0.15, 0.2) is 24.3 Å². The zero-order valence-electron chi connectivity index (χ0n) is 18.0. The molecule has 10 heteroatoms. The van der Waals surface area contributed by atoms with E-state index in [1.54, 1.807) is 7.05 Å². The van der Waals surface area contributed by atoms with Crippen molar-refractivity contribution >= 4 is 27.6 Å². The van der Waals surface area contributed by atoms with Gasteiger partial charge in [-0.2, -0.15) is 5.10 Å². The monoisotopic (exact) mass is 447 g/mol. The number of nitrogens with zero attached hydrogens (tertiary/aromatic N) is 2.